The number of nitrogens with one attached hydrogen (secondary N) is 1. The van der Waals surface area contributed by atoms with Gasteiger partial charge in [0, 0.05) is 35.2 Å². The lowest BCUT2D eigenvalue weighted by molar-refractivity contribution is 0.0645. The molecule has 1 rings (SSSR count). The van der Waals surface area contributed by atoms with Gasteiger partial charge in [0.1, 0.15) is 0 Å². The van der Waals surface area contributed by atoms with E-state index >= 15 is 0 Å². The number of nitrogens with zero attached hydrogens (tertiary/aromatic N) is 1. The molecule has 4 atom stereocenters. The Kier molecular flexibility index (Phi) is 6.49. The van der Waals surface area contributed by atoms with Gasteiger partial charge in [-0.2, -0.15) is 11.8 Å². The zero-order valence-electron chi connectivity index (χ0n) is 13.1. The quantitative estimate of drug-likeness (QED) is 0.798. The summed E-state index contributed by atoms with van der Waals surface area (Å²) in [4.78, 5) is 2.73. The standard InChI is InChI=1S/C15H32N2S/c1-7-9-16-14(5)15(6,8-2)17-10-12(3)18-13(4)11-17/h12-14,16H,7-11H2,1-6H3. The van der Waals surface area contributed by atoms with E-state index in [-0.39, 0.29) is 0 Å². The fraction of sp³-hybridized carbons (Fsp3) is 1.00. The zero-order valence-corrected chi connectivity index (χ0v) is 13.9. The van der Waals surface area contributed by atoms with E-state index < -0.39 is 0 Å². The monoisotopic (exact) mass is 272 g/mol. The van der Waals surface area contributed by atoms with Crippen LogP contribution in [0.4, 0.5) is 0 Å². The SMILES string of the molecule is CCCNC(C)C(C)(CC)N1CC(C)SC(C)C1. The predicted molar refractivity (Wildman–Crippen MR) is 84.5 cm³/mol. The largest absolute Gasteiger partial charge is 0.312 e. The molecule has 4 unspecified atom stereocenters. The van der Waals surface area contributed by atoms with Crippen LogP contribution in [0.2, 0.25) is 0 Å². The Morgan fingerprint density at radius 3 is 2.28 bits per heavy atom. The molecule has 108 valence electrons. The Morgan fingerprint density at radius 2 is 1.83 bits per heavy atom. The van der Waals surface area contributed by atoms with E-state index in [0.717, 1.165) is 17.0 Å². The third-order valence-electron chi connectivity index (χ3n) is 4.49. The molecule has 1 N–H and O–H groups in total. The molecular formula is C15H32N2S. The maximum atomic E-state index is 3.70. The highest BCUT2D eigenvalue weighted by Crippen LogP contribution is 2.32. The van der Waals surface area contributed by atoms with Crippen molar-refractivity contribution in [3.63, 3.8) is 0 Å². The number of rotatable bonds is 6. The fourth-order valence-electron chi connectivity index (χ4n) is 2.98. The molecule has 0 aromatic rings. The molecule has 0 aromatic heterocycles. The summed E-state index contributed by atoms with van der Waals surface area (Å²) in [6.45, 7) is 17.7. The molecule has 1 aliphatic rings. The second kappa shape index (κ2) is 7.16. The first-order valence-corrected chi connectivity index (χ1v) is 8.52. The lowest BCUT2D eigenvalue weighted by atomic mass is 9.87. The second-order valence-electron chi connectivity index (χ2n) is 6.05. The first-order valence-electron chi connectivity index (χ1n) is 7.57. The van der Waals surface area contributed by atoms with Crippen LogP contribution in [0, 0.1) is 0 Å². The maximum absolute atomic E-state index is 3.70. The van der Waals surface area contributed by atoms with Crippen LogP contribution in [0.25, 0.3) is 0 Å². The highest BCUT2D eigenvalue weighted by Gasteiger charge is 2.38. The normalized spacial score (nSPS) is 31.0. The van der Waals surface area contributed by atoms with Gasteiger partial charge in [-0.05, 0) is 33.2 Å². The van der Waals surface area contributed by atoms with Crippen molar-refractivity contribution in [1.82, 2.24) is 10.2 Å². The first-order chi connectivity index (χ1) is 8.43. The summed E-state index contributed by atoms with van der Waals surface area (Å²) in [5.74, 6) is 0. The van der Waals surface area contributed by atoms with Gasteiger partial charge in [0.2, 0.25) is 0 Å². The van der Waals surface area contributed by atoms with E-state index in [4.69, 9.17) is 0 Å². The van der Waals surface area contributed by atoms with Gasteiger partial charge in [0.05, 0.1) is 0 Å². The van der Waals surface area contributed by atoms with E-state index in [0.29, 0.717) is 11.6 Å². The molecule has 1 heterocycles. The molecule has 0 bridgehead atoms. The molecule has 0 saturated carbocycles. The van der Waals surface area contributed by atoms with Gasteiger partial charge in [-0.25, -0.2) is 0 Å². The van der Waals surface area contributed by atoms with Crippen LogP contribution in [0.3, 0.4) is 0 Å². The van der Waals surface area contributed by atoms with Crippen LogP contribution in [0.5, 0.6) is 0 Å². The molecule has 0 amide bonds. The van der Waals surface area contributed by atoms with Crippen molar-refractivity contribution in [2.24, 2.45) is 0 Å². The van der Waals surface area contributed by atoms with Crippen molar-refractivity contribution >= 4 is 11.8 Å². The summed E-state index contributed by atoms with van der Waals surface area (Å²) < 4.78 is 0. The minimum absolute atomic E-state index is 0.290. The fourth-order valence-corrected chi connectivity index (χ4v) is 4.30. The number of thioether (sulfide) groups is 1. The van der Waals surface area contributed by atoms with E-state index in [1.54, 1.807) is 0 Å². The molecular weight excluding hydrogens is 240 g/mol. The summed E-state index contributed by atoms with van der Waals surface area (Å²) in [5.41, 5.74) is 0.290. The number of hydrogen-bond donors (Lipinski definition) is 1. The lowest BCUT2D eigenvalue weighted by Crippen LogP contribution is -2.61. The molecule has 0 radical (unpaired) electrons. The van der Waals surface area contributed by atoms with E-state index in [9.17, 15) is 0 Å². The third kappa shape index (κ3) is 3.88. The topological polar surface area (TPSA) is 15.3 Å². The van der Waals surface area contributed by atoms with Gasteiger partial charge in [0.15, 0.2) is 0 Å². The van der Waals surface area contributed by atoms with E-state index in [2.05, 4.69) is 63.5 Å². The van der Waals surface area contributed by atoms with Crippen LogP contribution in [-0.2, 0) is 0 Å². The Labute approximate surface area is 118 Å². The average Bonchev–Trinajstić information content (AvgIpc) is 2.33. The second-order valence-corrected chi connectivity index (χ2v) is 7.93. The van der Waals surface area contributed by atoms with Gasteiger partial charge in [0.25, 0.3) is 0 Å². The Morgan fingerprint density at radius 1 is 1.28 bits per heavy atom. The van der Waals surface area contributed by atoms with E-state index in [1.165, 1.54) is 25.9 Å². The lowest BCUT2D eigenvalue weighted by Gasteiger charge is -2.49. The van der Waals surface area contributed by atoms with Crippen LogP contribution >= 0.6 is 11.8 Å². The van der Waals surface area contributed by atoms with Crippen molar-refractivity contribution in [3.8, 4) is 0 Å². The molecule has 0 aromatic carbocycles. The van der Waals surface area contributed by atoms with Crippen molar-refractivity contribution in [1.29, 1.82) is 0 Å². The summed E-state index contributed by atoms with van der Waals surface area (Å²) in [6.07, 6.45) is 2.43. The van der Waals surface area contributed by atoms with Gasteiger partial charge in [-0.1, -0.05) is 27.7 Å². The van der Waals surface area contributed by atoms with Crippen LogP contribution in [0.1, 0.15) is 54.4 Å². The average molecular weight is 273 g/mol. The Balaban J connectivity index is 2.72. The van der Waals surface area contributed by atoms with Crippen molar-refractivity contribution in [2.75, 3.05) is 19.6 Å². The minimum Gasteiger partial charge on any atom is -0.312 e. The van der Waals surface area contributed by atoms with Gasteiger partial charge >= 0.3 is 0 Å². The molecule has 1 fully saturated rings. The highest BCUT2D eigenvalue weighted by atomic mass is 32.2. The predicted octanol–water partition coefficient (Wildman–Crippen LogP) is 3.37. The molecule has 3 heteroatoms. The van der Waals surface area contributed by atoms with Crippen LogP contribution in [-0.4, -0.2) is 46.6 Å². The van der Waals surface area contributed by atoms with Crippen molar-refractivity contribution in [2.45, 2.75) is 76.5 Å². The zero-order chi connectivity index (χ0) is 13.8. The minimum atomic E-state index is 0.290. The van der Waals surface area contributed by atoms with E-state index in [1.807, 2.05) is 0 Å². The Bertz CT molecular complexity index is 237. The highest BCUT2D eigenvalue weighted by molar-refractivity contribution is 8.00. The molecule has 0 spiro atoms. The summed E-state index contributed by atoms with van der Waals surface area (Å²) in [5, 5.41) is 5.23. The van der Waals surface area contributed by atoms with Gasteiger partial charge in [-0.3, -0.25) is 4.90 Å². The molecule has 18 heavy (non-hydrogen) atoms. The van der Waals surface area contributed by atoms with Gasteiger partial charge in [-0.15, -0.1) is 0 Å². The molecule has 1 saturated heterocycles. The van der Waals surface area contributed by atoms with Crippen LogP contribution in [0.15, 0.2) is 0 Å². The van der Waals surface area contributed by atoms with Crippen molar-refractivity contribution < 1.29 is 0 Å². The number of hydrogen-bond acceptors (Lipinski definition) is 3. The summed E-state index contributed by atoms with van der Waals surface area (Å²) >= 11 is 2.14. The summed E-state index contributed by atoms with van der Waals surface area (Å²) in [6, 6.07) is 0.560. The molecule has 1 aliphatic heterocycles. The van der Waals surface area contributed by atoms with Crippen molar-refractivity contribution in [3.05, 3.63) is 0 Å². The van der Waals surface area contributed by atoms with Crippen LogP contribution < -0.4 is 5.32 Å². The molecule has 2 nitrogen and oxygen atoms in total. The van der Waals surface area contributed by atoms with Gasteiger partial charge < -0.3 is 5.32 Å². The maximum Gasteiger partial charge on any atom is 0.0329 e. The third-order valence-corrected chi connectivity index (χ3v) is 5.72. The first kappa shape index (κ1) is 16.3. The molecule has 0 aliphatic carbocycles. The Hall–Kier alpha value is 0.270. The smallest absolute Gasteiger partial charge is 0.0329 e. The summed E-state index contributed by atoms with van der Waals surface area (Å²) in [7, 11) is 0.